The van der Waals surface area contributed by atoms with E-state index in [2.05, 4.69) is 5.32 Å². The molecule has 4 rings (SSSR count). The second-order valence-corrected chi connectivity index (χ2v) is 8.46. The molecule has 0 saturated carbocycles. The van der Waals surface area contributed by atoms with Crippen molar-refractivity contribution in [2.45, 2.75) is 38.5 Å². The van der Waals surface area contributed by atoms with Crippen LogP contribution in [0.2, 0.25) is 0 Å². The SMILES string of the molecule is Cc1ccc([C@]2(C)NC(=O)N(CC(=O)N3C[C@@H](C)O[C@H](c4ccccc4)C3)C2=O)cc1. The number of rotatable bonds is 4. The number of aryl methyl sites for hydroxylation is 1. The van der Waals surface area contributed by atoms with Crippen LogP contribution >= 0.6 is 0 Å². The van der Waals surface area contributed by atoms with Gasteiger partial charge in [0.2, 0.25) is 5.91 Å². The Bertz CT molecular complexity index is 992. The minimum Gasteiger partial charge on any atom is -0.367 e. The van der Waals surface area contributed by atoms with Gasteiger partial charge in [0.05, 0.1) is 12.6 Å². The van der Waals surface area contributed by atoms with Crippen molar-refractivity contribution in [1.82, 2.24) is 15.1 Å². The fraction of sp³-hybridized carbons (Fsp3) is 0.375. The van der Waals surface area contributed by atoms with Gasteiger partial charge in [-0.05, 0) is 31.9 Å². The molecule has 2 aromatic rings. The number of nitrogens with zero attached hydrogens (tertiary/aromatic N) is 2. The van der Waals surface area contributed by atoms with E-state index in [0.717, 1.165) is 16.0 Å². The fourth-order valence-electron chi connectivity index (χ4n) is 4.17. The van der Waals surface area contributed by atoms with Gasteiger partial charge in [0.1, 0.15) is 18.2 Å². The van der Waals surface area contributed by atoms with Crippen molar-refractivity contribution in [1.29, 1.82) is 0 Å². The van der Waals surface area contributed by atoms with Crippen molar-refractivity contribution in [3.63, 3.8) is 0 Å². The zero-order valence-electron chi connectivity index (χ0n) is 18.0. The van der Waals surface area contributed by atoms with Crippen molar-refractivity contribution in [3.8, 4) is 0 Å². The minimum atomic E-state index is -1.18. The maximum Gasteiger partial charge on any atom is 0.325 e. The van der Waals surface area contributed by atoms with E-state index in [1.165, 1.54) is 0 Å². The second-order valence-electron chi connectivity index (χ2n) is 8.46. The molecule has 2 aromatic carbocycles. The second kappa shape index (κ2) is 8.15. The summed E-state index contributed by atoms with van der Waals surface area (Å²) in [6.07, 6.45) is -0.390. The number of carbonyl (C=O) groups excluding carboxylic acids is 3. The van der Waals surface area contributed by atoms with Crippen LogP contribution in [0, 0.1) is 6.92 Å². The molecular weight excluding hydrogens is 394 g/mol. The van der Waals surface area contributed by atoms with Gasteiger partial charge in [-0.2, -0.15) is 0 Å². The smallest absolute Gasteiger partial charge is 0.325 e. The van der Waals surface area contributed by atoms with Crippen LogP contribution in [0.15, 0.2) is 54.6 Å². The first-order valence-corrected chi connectivity index (χ1v) is 10.5. The zero-order chi connectivity index (χ0) is 22.2. The quantitative estimate of drug-likeness (QED) is 0.770. The molecular formula is C24H27N3O4. The van der Waals surface area contributed by atoms with E-state index in [1.807, 2.05) is 68.4 Å². The molecule has 0 aliphatic carbocycles. The molecule has 2 heterocycles. The lowest BCUT2D eigenvalue weighted by Crippen LogP contribution is -2.50. The first-order chi connectivity index (χ1) is 14.8. The molecule has 31 heavy (non-hydrogen) atoms. The van der Waals surface area contributed by atoms with Crippen molar-refractivity contribution >= 4 is 17.8 Å². The van der Waals surface area contributed by atoms with Crippen LogP contribution in [0.4, 0.5) is 4.79 Å². The summed E-state index contributed by atoms with van der Waals surface area (Å²) in [5.74, 6) is -0.691. The zero-order valence-corrected chi connectivity index (χ0v) is 18.0. The Morgan fingerprint density at radius 1 is 1.10 bits per heavy atom. The van der Waals surface area contributed by atoms with Gasteiger partial charge in [0, 0.05) is 6.54 Å². The van der Waals surface area contributed by atoms with Gasteiger partial charge in [-0.15, -0.1) is 0 Å². The Kier molecular flexibility index (Phi) is 5.54. The van der Waals surface area contributed by atoms with E-state index in [-0.39, 0.29) is 24.7 Å². The molecule has 0 aromatic heterocycles. The number of ether oxygens (including phenoxy) is 1. The molecule has 4 amide bonds. The van der Waals surface area contributed by atoms with E-state index < -0.39 is 17.5 Å². The number of hydrogen-bond donors (Lipinski definition) is 1. The lowest BCUT2D eigenvalue weighted by atomic mass is 9.91. The lowest BCUT2D eigenvalue weighted by molar-refractivity contribution is -0.148. The molecule has 2 aliphatic rings. The van der Waals surface area contributed by atoms with E-state index in [4.69, 9.17) is 4.74 Å². The summed E-state index contributed by atoms with van der Waals surface area (Å²) in [6.45, 7) is 6.05. The van der Waals surface area contributed by atoms with Crippen LogP contribution < -0.4 is 5.32 Å². The third-order valence-electron chi connectivity index (χ3n) is 5.98. The van der Waals surface area contributed by atoms with Crippen LogP contribution in [-0.4, -0.2) is 53.4 Å². The molecule has 0 radical (unpaired) electrons. The number of imide groups is 1. The maximum atomic E-state index is 13.1. The lowest BCUT2D eigenvalue weighted by Gasteiger charge is -2.37. The molecule has 0 unspecified atom stereocenters. The number of nitrogens with one attached hydrogen (secondary N) is 1. The number of morpholine rings is 1. The van der Waals surface area contributed by atoms with Crippen molar-refractivity contribution < 1.29 is 19.1 Å². The molecule has 162 valence electrons. The normalized spacial score (nSPS) is 26.2. The number of amides is 4. The van der Waals surface area contributed by atoms with E-state index >= 15 is 0 Å². The average molecular weight is 421 g/mol. The first kappa shape index (κ1) is 21.1. The predicted molar refractivity (Wildman–Crippen MR) is 115 cm³/mol. The van der Waals surface area contributed by atoms with Gasteiger partial charge in [0.25, 0.3) is 5.91 Å². The molecule has 0 spiro atoms. The molecule has 2 fully saturated rings. The maximum absolute atomic E-state index is 13.1. The third-order valence-corrected chi connectivity index (χ3v) is 5.98. The summed E-state index contributed by atoms with van der Waals surface area (Å²) in [7, 11) is 0. The molecule has 3 atom stereocenters. The summed E-state index contributed by atoms with van der Waals surface area (Å²) >= 11 is 0. The number of carbonyl (C=O) groups is 3. The molecule has 1 N–H and O–H groups in total. The van der Waals surface area contributed by atoms with Crippen LogP contribution in [-0.2, 0) is 19.9 Å². The van der Waals surface area contributed by atoms with Crippen molar-refractivity contribution in [2.24, 2.45) is 0 Å². The molecule has 0 bridgehead atoms. The largest absolute Gasteiger partial charge is 0.367 e. The first-order valence-electron chi connectivity index (χ1n) is 10.5. The Morgan fingerprint density at radius 3 is 2.45 bits per heavy atom. The Morgan fingerprint density at radius 2 is 1.77 bits per heavy atom. The topological polar surface area (TPSA) is 79.0 Å². The number of hydrogen-bond acceptors (Lipinski definition) is 4. The van der Waals surface area contributed by atoms with Gasteiger partial charge in [-0.1, -0.05) is 60.2 Å². The molecule has 2 aliphatic heterocycles. The van der Waals surface area contributed by atoms with Crippen molar-refractivity contribution in [3.05, 3.63) is 71.3 Å². The van der Waals surface area contributed by atoms with E-state index in [0.29, 0.717) is 18.7 Å². The Hall–Kier alpha value is -3.19. The highest BCUT2D eigenvalue weighted by molar-refractivity contribution is 6.09. The highest BCUT2D eigenvalue weighted by atomic mass is 16.5. The monoisotopic (exact) mass is 421 g/mol. The standard InChI is InChI=1S/C24H27N3O4/c1-16-9-11-19(12-10-16)24(3)22(29)27(23(30)25-24)15-21(28)26-13-17(2)31-20(14-26)18-7-5-4-6-8-18/h4-12,17,20H,13-15H2,1-3H3,(H,25,30)/t17-,20+,24+/m1/s1. The van der Waals surface area contributed by atoms with Gasteiger partial charge >= 0.3 is 6.03 Å². The Balaban J connectivity index is 1.48. The van der Waals surface area contributed by atoms with Crippen molar-refractivity contribution in [2.75, 3.05) is 19.6 Å². The number of benzene rings is 2. The van der Waals surface area contributed by atoms with Crippen LogP contribution in [0.1, 0.15) is 36.6 Å². The minimum absolute atomic E-state index is 0.149. The summed E-state index contributed by atoms with van der Waals surface area (Å²) in [4.78, 5) is 41.5. The summed E-state index contributed by atoms with van der Waals surface area (Å²) < 4.78 is 6.01. The third kappa shape index (κ3) is 4.05. The highest BCUT2D eigenvalue weighted by Gasteiger charge is 2.49. The average Bonchev–Trinajstić information content (AvgIpc) is 2.98. The van der Waals surface area contributed by atoms with Gasteiger partial charge in [-0.25, -0.2) is 4.79 Å². The van der Waals surface area contributed by atoms with Crippen LogP contribution in [0.3, 0.4) is 0 Å². The Labute approximate surface area is 182 Å². The summed E-state index contributed by atoms with van der Waals surface area (Å²) in [5.41, 5.74) is 1.56. The molecule has 2 saturated heterocycles. The van der Waals surface area contributed by atoms with Crippen LogP contribution in [0.5, 0.6) is 0 Å². The van der Waals surface area contributed by atoms with E-state index in [1.54, 1.807) is 11.8 Å². The fourth-order valence-corrected chi connectivity index (χ4v) is 4.17. The van der Waals surface area contributed by atoms with Gasteiger partial charge in [-0.3, -0.25) is 14.5 Å². The van der Waals surface area contributed by atoms with Crippen LogP contribution in [0.25, 0.3) is 0 Å². The van der Waals surface area contributed by atoms with E-state index in [9.17, 15) is 14.4 Å². The number of urea groups is 1. The summed E-state index contributed by atoms with van der Waals surface area (Å²) in [6, 6.07) is 16.6. The molecule has 7 nitrogen and oxygen atoms in total. The molecule has 7 heteroatoms. The summed E-state index contributed by atoms with van der Waals surface area (Å²) in [5, 5.41) is 2.76. The highest BCUT2D eigenvalue weighted by Crippen LogP contribution is 2.30. The van der Waals surface area contributed by atoms with Gasteiger partial charge in [0.15, 0.2) is 0 Å². The predicted octanol–water partition coefficient (Wildman–Crippen LogP) is 2.75. The van der Waals surface area contributed by atoms with Gasteiger partial charge < -0.3 is 15.0 Å².